The van der Waals surface area contributed by atoms with Crippen molar-refractivity contribution in [2.24, 2.45) is 11.8 Å². The lowest BCUT2D eigenvalue weighted by Gasteiger charge is -2.34. The largest absolute Gasteiger partial charge is 0.461 e. The number of hydrogen-bond donors (Lipinski definition) is 0. The van der Waals surface area contributed by atoms with Crippen molar-refractivity contribution in [3.8, 4) is 17.3 Å². The molecule has 39 heavy (non-hydrogen) atoms. The summed E-state index contributed by atoms with van der Waals surface area (Å²) < 4.78 is 23.0. The first-order chi connectivity index (χ1) is 18.9. The van der Waals surface area contributed by atoms with Crippen molar-refractivity contribution in [3.05, 3.63) is 41.3 Å². The van der Waals surface area contributed by atoms with E-state index in [0.717, 1.165) is 61.5 Å². The lowest BCUT2D eigenvalue weighted by atomic mass is 9.93. The standard InChI is InChI=1S/C32H40FN5O/c1-20(2)24-9-6-21(3)14-25(24)28-27(33)29-26(16-34-28)30(37-17-22-7-8-23(15-22)18-37)36-31(35-29)39-19-32-10-4-12-38(32)13-5-11-32/h6,9,14,16,20,22-23H,4-5,7-8,10-13,15,17-19H2,1-3H3. The molecule has 3 aromatic rings. The van der Waals surface area contributed by atoms with Crippen LogP contribution in [0.5, 0.6) is 6.01 Å². The number of aryl methyl sites for hydroxylation is 1. The Morgan fingerprint density at radius 1 is 1.08 bits per heavy atom. The number of rotatable bonds is 6. The Morgan fingerprint density at radius 3 is 2.54 bits per heavy atom. The Hall–Kier alpha value is -2.80. The molecule has 7 rings (SSSR count). The van der Waals surface area contributed by atoms with Gasteiger partial charge in [-0.15, -0.1) is 0 Å². The molecule has 2 atom stereocenters. The molecule has 5 heterocycles. The van der Waals surface area contributed by atoms with Crippen LogP contribution in [0.15, 0.2) is 24.4 Å². The second-order valence-corrected chi connectivity index (χ2v) is 12.9. The van der Waals surface area contributed by atoms with E-state index in [1.54, 1.807) is 6.20 Å². The van der Waals surface area contributed by atoms with Gasteiger partial charge in [0.15, 0.2) is 5.82 Å². The summed E-state index contributed by atoms with van der Waals surface area (Å²) in [6.07, 6.45) is 10.4. The summed E-state index contributed by atoms with van der Waals surface area (Å²) >= 11 is 0. The highest BCUT2D eigenvalue weighted by Gasteiger charge is 2.45. The van der Waals surface area contributed by atoms with Crippen molar-refractivity contribution in [1.29, 1.82) is 0 Å². The van der Waals surface area contributed by atoms with Gasteiger partial charge in [-0.3, -0.25) is 9.88 Å². The number of anilines is 1. The van der Waals surface area contributed by atoms with E-state index in [1.165, 1.54) is 32.1 Å². The van der Waals surface area contributed by atoms with Crippen molar-refractivity contribution < 1.29 is 9.13 Å². The van der Waals surface area contributed by atoms with Gasteiger partial charge in [0.1, 0.15) is 23.6 Å². The topological polar surface area (TPSA) is 54.4 Å². The summed E-state index contributed by atoms with van der Waals surface area (Å²) in [4.78, 5) is 19.4. The van der Waals surface area contributed by atoms with Crippen LogP contribution >= 0.6 is 0 Å². The normalized spacial score (nSPS) is 24.2. The predicted octanol–water partition coefficient (Wildman–Crippen LogP) is 6.51. The van der Waals surface area contributed by atoms with E-state index in [0.29, 0.717) is 41.1 Å². The number of pyridine rings is 1. The van der Waals surface area contributed by atoms with Gasteiger partial charge in [0.2, 0.25) is 0 Å². The van der Waals surface area contributed by atoms with Gasteiger partial charge in [-0.1, -0.05) is 31.5 Å². The molecule has 2 bridgehead atoms. The maximum atomic E-state index is 16.5. The molecular weight excluding hydrogens is 489 g/mol. The molecule has 1 aromatic carbocycles. The van der Waals surface area contributed by atoms with Gasteiger partial charge < -0.3 is 9.64 Å². The van der Waals surface area contributed by atoms with E-state index in [2.05, 4.69) is 35.8 Å². The van der Waals surface area contributed by atoms with Crippen molar-refractivity contribution in [1.82, 2.24) is 19.9 Å². The first-order valence-corrected chi connectivity index (χ1v) is 15.0. The summed E-state index contributed by atoms with van der Waals surface area (Å²) in [5, 5.41) is 0.685. The number of nitrogens with zero attached hydrogens (tertiary/aromatic N) is 5. The van der Waals surface area contributed by atoms with Crippen molar-refractivity contribution >= 4 is 16.7 Å². The summed E-state index contributed by atoms with van der Waals surface area (Å²) in [5.41, 5.74) is 3.78. The highest BCUT2D eigenvalue weighted by molar-refractivity contribution is 5.92. The number of ether oxygens (including phenoxy) is 1. The van der Waals surface area contributed by atoms with Crippen LogP contribution in [-0.2, 0) is 0 Å². The molecule has 4 aliphatic rings. The Morgan fingerprint density at radius 2 is 1.82 bits per heavy atom. The van der Waals surface area contributed by atoms with Crippen LogP contribution in [0.25, 0.3) is 22.2 Å². The minimum atomic E-state index is -0.380. The summed E-state index contributed by atoms with van der Waals surface area (Å²) in [6.45, 7) is 11.1. The second kappa shape index (κ2) is 9.69. The molecular formula is C32H40FN5O. The molecule has 3 aliphatic heterocycles. The molecule has 7 heteroatoms. The van der Waals surface area contributed by atoms with Crippen LogP contribution in [0.4, 0.5) is 10.2 Å². The van der Waals surface area contributed by atoms with Crippen LogP contribution in [-0.4, -0.2) is 58.2 Å². The van der Waals surface area contributed by atoms with Gasteiger partial charge in [-0.2, -0.15) is 9.97 Å². The van der Waals surface area contributed by atoms with Gasteiger partial charge in [-0.25, -0.2) is 4.39 Å². The third-order valence-corrected chi connectivity index (χ3v) is 9.92. The Bertz CT molecular complexity index is 1390. The monoisotopic (exact) mass is 529 g/mol. The van der Waals surface area contributed by atoms with Gasteiger partial charge in [0, 0.05) is 24.8 Å². The fourth-order valence-electron chi connectivity index (χ4n) is 7.93. The minimum absolute atomic E-state index is 0.0817. The van der Waals surface area contributed by atoms with Crippen molar-refractivity contribution in [2.75, 3.05) is 37.7 Å². The van der Waals surface area contributed by atoms with E-state index in [4.69, 9.17) is 19.7 Å². The summed E-state index contributed by atoms with van der Waals surface area (Å²) in [6, 6.07) is 6.53. The molecule has 1 saturated carbocycles. The lowest BCUT2D eigenvalue weighted by molar-refractivity contribution is 0.108. The zero-order valence-electron chi connectivity index (χ0n) is 23.5. The van der Waals surface area contributed by atoms with Crippen LogP contribution in [0.1, 0.15) is 75.8 Å². The molecule has 6 nitrogen and oxygen atoms in total. The predicted molar refractivity (Wildman–Crippen MR) is 153 cm³/mol. The molecule has 1 aliphatic carbocycles. The van der Waals surface area contributed by atoms with Crippen LogP contribution in [0.3, 0.4) is 0 Å². The average molecular weight is 530 g/mol. The Kier molecular flexibility index (Phi) is 6.25. The molecule has 0 radical (unpaired) electrons. The zero-order valence-corrected chi connectivity index (χ0v) is 23.5. The zero-order chi connectivity index (χ0) is 26.7. The molecule has 0 N–H and O–H groups in total. The quantitative estimate of drug-likeness (QED) is 0.363. The first kappa shape index (κ1) is 25.2. The van der Waals surface area contributed by atoms with Crippen LogP contribution < -0.4 is 9.64 Å². The third kappa shape index (κ3) is 4.37. The van der Waals surface area contributed by atoms with E-state index in [1.807, 2.05) is 13.0 Å². The minimum Gasteiger partial charge on any atom is -0.461 e. The number of fused-ring (bicyclic) bond motifs is 4. The fourth-order valence-corrected chi connectivity index (χ4v) is 7.93. The fraction of sp³-hybridized carbons (Fsp3) is 0.594. The average Bonchev–Trinajstić information content (AvgIpc) is 3.61. The van der Waals surface area contributed by atoms with Crippen LogP contribution in [0.2, 0.25) is 0 Å². The van der Waals surface area contributed by atoms with E-state index in [9.17, 15) is 0 Å². The lowest BCUT2D eigenvalue weighted by Crippen LogP contribution is -2.43. The van der Waals surface area contributed by atoms with E-state index < -0.39 is 0 Å². The molecule has 206 valence electrons. The SMILES string of the molecule is Cc1ccc(C(C)C)c(-c2ncc3c(N4CC5CCC(C5)C4)nc(OCC45CCCN4CCC5)nc3c2F)c1. The van der Waals surface area contributed by atoms with Crippen LogP contribution in [0, 0.1) is 24.6 Å². The van der Waals surface area contributed by atoms with E-state index >= 15 is 4.39 Å². The number of hydrogen-bond acceptors (Lipinski definition) is 6. The Balaban J connectivity index is 1.33. The number of piperidine rings is 1. The number of benzene rings is 1. The smallest absolute Gasteiger partial charge is 0.319 e. The van der Waals surface area contributed by atoms with Crippen molar-refractivity contribution in [3.63, 3.8) is 0 Å². The van der Waals surface area contributed by atoms with Gasteiger partial charge in [-0.05, 0) is 94.3 Å². The van der Waals surface area contributed by atoms with Crippen molar-refractivity contribution in [2.45, 2.75) is 77.2 Å². The molecule has 0 amide bonds. The number of aromatic nitrogens is 3. The summed E-state index contributed by atoms with van der Waals surface area (Å²) in [7, 11) is 0. The number of halogens is 1. The summed E-state index contributed by atoms with van der Waals surface area (Å²) in [5.74, 6) is 2.02. The highest BCUT2D eigenvalue weighted by atomic mass is 19.1. The van der Waals surface area contributed by atoms with Gasteiger partial charge >= 0.3 is 6.01 Å². The molecule has 3 saturated heterocycles. The maximum Gasteiger partial charge on any atom is 0.319 e. The maximum absolute atomic E-state index is 16.5. The first-order valence-electron chi connectivity index (χ1n) is 15.0. The third-order valence-electron chi connectivity index (χ3n) is 9.92. The highest BCUT2D eigenvalue weighted by Crippen LogP contribution is 2.42. The molecule has 2 aromatic heterocycles. The Labute approximate surface area is 231 Å². The van der Waals surface area contributed by atoms with Gasteiger partial charge in [0.05, 0.1) is 10.9 Å². The molecule has 4 fully saturated rings. The molecule has 2 unspecified atom stereocenters. The second-order valence-electron chi connectivity index (χ2n) is 12.9. The van der Waals surface area contributed by atoms with Gasteiger partial charge in [0.25, 0.3) is 0 Å². The molecule has 0 spiro atoms. The van der Waals surface area contributed by atoms with E-state index in [-0.39, 0.29) is 17.3 Å².